The van der Waals surface area contributed by atoms with Crippen molar-refractivity contribution in [3.63, 3.8) is 0 Å². The van der Waals surface area contributed by atoms with Crippen LogP contribution in [0.15, 0.2) is 29.2 Å². The molecule has 1 rings (SSSR count). The Balaban J connectivity index is 0.00000361. The van der Waals surface area contributed by atoms with Crippen molar-refractivity contribution in [2.75, 3.05) is 6.54 Å². The Hall–Kier alpha value is -0.660. The van der Waals surface area contributed by atoms with Crippen molar-refractivity contribution in [2.24, 2.45) is 5.14 Å². The number of sulfonamides is 1. The molecular weight excluding hydrogens is 300 g/mol. The van der Waals surface area contributed by atoms with Gasteiger partial charge in [0.1, 0.15) is 0 Å². The Bertz CT molecular complexity index is 477. The Labute approximate surface area is 127 Å². The number of benzene rings is 1. The van der Waals surface area contributed by atoms with Crippen LogP contribution < -0.4 is 10.5 Å². The molecular formula is C13H23ClN2O3S. The molecule has 0 aliphatic heterocycles. The molecule has 0 aliphatic rings. The second kappa shape index (κ2) is 9.31. The summed E-state index contributed by atoms with van der Waals surface area (Å²) in [6, 6.07) is 6.40. The zero-order chi connectivity index (χ0) is 14.3. The number of hydrogen-bond donors (Lipinski definition) is 3. The topological polar surface area (TPSA) is 92.4 Å². The van der Waals surface area contributed by atoms with E-state index in [0.717, 1.165) is 24.8 Å². The van der Waals surface area contributed by atoms with E-state index >= 15 is 0 Å². The van der Waals surface area contributed by atoms with Crippen LogP contribution >= 0.6 is 12.4 Å². The molecule has 0 aliphatic carbocycles. The second-order valence-electron chi connectivity index (χ2n) is 4.62. The number of nitrogens with two attached hydrogens (primary N) is 1. The summed E-state index contributed by atoms with van der Waals surface area (Å²) in [5, 5.41) is 17.8. The van der Waals surface area contributed by atoms with Gasteiger partial charge in [0, 0.05) is 13.1 Å². The molecule has 20 heavy (non-hydrogen) atoms. The molecule has 0 aromatic heterocycles. The summed E-state index contributed by atoms with van der Waals surface area (Å²) in [5.41, 5.74) is 0.954. The molecule has 0 saturated carbocycles. The molecule has 1 aromatic rings. The van der Waals surface area contributed by atoms with Crippen LogP contribution in [0.3, 0.4) is 0 Å². The van der Waals surface area contributed by atoms with Crippen LogP contribution in [-0.2, 0) is 16.6 Å². The largest absolute Gasteiger partial charge is 0.392 e. The monoisotopic (exact) mass is 322 g/mol. The van der Waals surface area contributed by atoms with Gasteiger partial charge in [-0.05, 0) is 24.1 Å². The minimum atomic E-state index is -3.62. The molecule has 5 nitrogen and oxygen atoms in total. The molecule has 7 heteroatoms. The van der Waals surface area contributed by atoms with E-state index in [2.05, 4.69) is 12.2 Å². The average Bonchev–Trinajstić information content (AvgIpc) is 2.36. The maximum Gasteiger partial charge on any atom is 0.238 e. The van der Waals surface area contributed by atoms with Crippen LogP contribution in [0.5, 0.6) is 0 Å². The lowest BCUT2D eigenvalue weighted by Gasteiger charge is -2.11. The predicted molar refractivity (Wildman–Crippen MR) is 82.3 cm³/mol. The number of halogens is 1. The highest BCUT2D eigenvalue weighted by atomic mass is 35.5. The van der Waals surface area contributed by atoms with E-state index < -0.39 is 10.0 Å². The third-order valence-electron chi connectivity index (χ3n) is 2.85. The van der Waals surface area contributed by atoms with E-state index in [-0.39, 0.29) is 23.4 Å². The molecule has 0 radical (unpaired) electrons. The van der Waals surface area contributed by atoms with Crippen molar-refractivity contribution >= 4 is 22.4 Å². The second-order valence-corrected chi connectivity index (χ2v) is 6.18. The smallest absolute Gasteiger partial charge is 0.238 e. The van der Waals surface area contributed by atoms with Crippen LogP contribution in [0.25, 0.3) is 0 Å². The quantitative estimate of drug-likeness (QED) is 0.674. The van der Waals surface area contributed by atoms with Gasteiger partial charge in [0.05, 0.1) is 11.0 Å². The molecule has 116 valence electrons. The normalized spacial score (nSPS) is 12.8. The highest BCUT2D eigenvalue weighted by Gasteiger charge is 2.07. The number of nitrogens with one attached hydrogen (secondary N) is 1. The van der Waals surface area contributed by atoms with Gasteiger partial charge in [-0.15, -0.1) is 12.4 Å². The van der Waals surface area contributed by atoms with Crippen molar-refractivity contribution in [3.8, 4) is 0 Å². The third kappa shape index (κ3) is 7.21. The van der Waals surface area contributed by atoms with Crippen molar-refractivity contribution in [2.45, 2.75) is 43.7 Å². The molecule has 1 atom stereocenters. The molecule has 0 amide bonds. The van der Waals surface area contributed by atoms with Gasteiger partial charge in [0.2, 0.25) is 10.0 Å². The summed E-state index contributed by atoms with van der Waals surface area (Å²) in [4.78, 5) is 0.110. The molecule has 0 bridgehead atoms. The number of unbranched alkanes of at least 4 members (excludes halogenated alkanes) is 1. The van der Waals surface area contributed by atoms with Gasteiger partial charge in [-0.25, -0.2) is 13.6 Å². The van der Waals surface area contributed by atoms with Crippen LogP contribution in [0, 0.1) is 0 Å². The molecule has 0 spiro atoms. The number of rotatable bonds is 8. The lowest BCUT2D eigenvalue weighted by molar-refractivity contribution is 0.158. The van der Waals surface area contributed by atoms with Crippen molar-refractivity contribution in [1.82, 2.24) is 5.32 Å². The summed E-state index contributed by atoms with van der Waals surface area (Å²) in [6.07, 6.45) is 2.56. The van der Waals surface area contributed by atoms with Gasteiger partial charge in [-0.3, -0.25) is 0 Å². The van der Waals surface area contributed by atoms with E-state index in [1.54, 1.807) is 12.1 Å². The molecule has 0 fully saturated rings. The first-order chi connectivity index (χ1) is 8.93. The van der Waals surface area contributed by atoms with Gasteiger partial charge in [0.25, 0.3) is 0 Å². The Morgan fingerprint density at radius 2 is 1.90 bits per heavy atom. The average molecular weight is 323 g/mol. The highest BCUT2D eigenvalue weighted by Crippen LogP contribution is 2.08. The molecule has 1 aromatic carbocycles. The van der Waals surface area contributed by atoms with Crippen LogP contribution in [-0.4, -0.2) is 26.2 Å². The minimum absolute atomic E-state index is 0. The fraction of sp³-hybridized carbons (Fsp3) is 0.538. The van der Waals surface area contributed by atoms with Gasteiger partial charge >= 0.3 is 0 Å². The third-order valence-corrected chi connectivity index (χ3v) is 3.78. The van der Waals surface area contributed by atoms with Gasteiger partial charge in [0.15, 0.2) is 0 Å². The summed E-state index contributed by atoms with van der Waals surface area (Å²) in [5.74, 6) is 0. The molecule has 1 unspecified atom stereocenters. The summed E-state index contributed by atoms with van der Waals surface area (Å²) in [7, 11) is -3.62. The predicted octanol–water partition coefficient (Wildman–Crippen LogP) is 1.40. The first-order valence-corrected chi connectivity index (χ1v) is 7.98. The van der Waals surface area contributed by atoms with Crippen molar-refractivity contribution < 1.29 is 13.5 Å². The minimum Gasteiger partial charge on any atom is -0.392 e. The SMILES string of the molecule is CCCCC(O)CNCc1ccc(S(N)(=O)=O)cc1.Cl. The van der Waals surface area contributed by atoms with Gasteiger partial charge < -0.3 is 10.4 Å². The van der Waals surface area contributed by atoms with Gasteiger partial charge in [-0.2, -0.15) is 0 Å². The van der Waals surface area contributed by atoms with Crippen LogP contribution in [0.1, 0.15) is 31.7 Å². The number of primary sulfonamides is 1. The van der Waals surface area contributed by atoms with E-state index in [1.165, 1.54) is 12.1 Å². The van der Waals surface area contributed by atoms with E-state index in [1.807, 2.05) is 0 Å². The van der Waals surface area contributed by atoms with Gasteiger partial charge in [-0.1, -0.05) is 31.9 Å². The van der Waals surface area contributed by atoms with E-state index in [9.17, 15) is 13.5 Å². The van der Waals surface area contributed by atoms with E-state index in [0.29, 0.717) is 13.1 Å². The Kier molecular flexibility index (Phi) is 9.00. The lowest BCUT2D eigenvalue weighted by Crippen LogP contribution is -2.26. The van der Waals surface area contributed by atoms with E-state index in [4.69, 9.17) is 5.14 Å². The molecule has 4 N–H and O–H groups in total. The number of aliphatic hydroxyl groups is 1. The molecule has 0 saturated heterocycles. The highest BCUT2D eigenvalue weighted by molar-refractivity contribution is 7.89. The fourth-order valence-electron chi connectivity index (χ4n) is 1.72. The summed E-state index contributed by atoms with van der Waals surface area (Å²) in [6.45, 7) is 3.22. The number of hydrogen-bond acceptors (Lipinski definition) is 4. The number of aliphatic hydroxyl groups excluding tert-OH is 1. The zero-order valence-electron chi connectivity index (χ0n) is 11.6. The Morgan fingerprint density at radius 3 is 2.40 bits per heavy atom. The standard InChI is InChI=1S/C13H22N2O3S.ClH/c1-2-3-4-12(16)10-15-9-11-5-7-13(8-6-11)19(14,17)18;/h5-8,12,15-16H,2-4,9-10H2,1H3,(H2,14,17,18);1H. The maximum absolute atomic E-state index is 11.1. The Morgan fingerprint density at radius 1 is 1.30 bits per heavy atom. The summed E-state index contributed by atoms with van der Waals surface area (Å²) >= 11 is 0. The van der Waals surface area contributed by atoms with Crippen molar-refractivity contribution in [3.05, 3.63) is 29.8 Å². The fourth-order valence-corrected chi connectivity index (χ4v) is 2.24. The first-order valence-electron chi connectivity index (χ1n) is 6.44. The summed E-state index contributed by atoms with van der Waals surface area (Å²) < 4.78 is 22.2. The van der Waals surface area contributed by atoms with Crippen LogP contribution in [0.4, 0.5) is 0 Å². The van der Waals surface area contributed by atoms with Crippen LogP contribution in [0.2, 0.25) is 0 Å². The maximum atomic E-state index is 11.1. The lowest BCUT2D eigenvalue weighted by atomic mass is 10.1. The van der Waals surface area contributed by atoms with Crippen molar-refractivity contribution in [1.29, 1.82) is 0 Å². The first kappa shape index (κ1) is 19.3. The molecule has 0 heterocycles. The zero-order valence-corrected chi connectivity index (χ0v) is 13.2.